The average molecular weight is 350 g/mol. The van der Waals surface area contributed by atoms with Gasteiger partial charge in [-0.05, 0) is 30.7 Å². The fraction of sp³-hybridized carbons (Fsp3) is 0.294. The molecular weight excluding hydrogens is 332 g/mol. The van der Waals surface area contributed by atoms with Crippen molar-refractivity contribution in [3.63, 3.8) is 0 Å². The molecule has 0 saturated heterocycles. The number of esters is 2. The number of ether oxygens (including phenoxy) is 2. The van der Waals surface area contributed by atoms with E-state index >= 15 is 0 Å². The summed E-state index contributed by atoms with van der Waals surface area (Å²) < 4.78 is 26.4. The first-order valence-electron chi connectivity index (χ1n) is 7.14. The fourth-order valence-electron chi connectivity index (χ4n) is 2.16. The third kappa shape index (κ3) is 4.55. The lowest BCUT2D eigenvalue weighted by Gasteiger charge is -2.05. The molecule has 0 amide bonds. The first-order valence-corrected chi connectivity index (χ1v) is 8.87. The van der Waals surface area contributed by atoms with E-state index in [0.29, 0.717) is 22.6 Å². The van der Waals surface area contributed by atoms with Crippen LogP contribution in [0.1, 0.15) is 37.8 Å². The Labute approximate surface area is 142 Å². The lowest BCUT2D eigenvalue weighted by Crippen LogP contribution is -2.06. The largest absolute Gasteiger partial charge is 0.463 e. The van der Waals surface area contributed by atoms with Gasteiger partial charge in [-0.3, -0.25) is 4.21 Å². The van der Waals surface area contributed by atoms with Crippen LogP contribution in [-0.4, -0.2) is 29.5 Å². The number of rotatable bonds is 6. The minimum Gasteiger partial charge on any atom is -0.463 e. The van der Waals surface area contributed by atoms with Gasteiger partial charge in [-0.1, -0.05) is 12.1 Å². The number of aryl methyl sites for hydroxylation is 1. The number of furan rings is 1. The molecule has 6 nitrogen and oxygen atoms in total. The lowest BCUT2D eigenvalue weighted by molar-refractivity contribution is 0.0438. The first-order chi connectivity index (χ1) is 11.4. The topological polar surface area (TPSA) is 82.8 Å². The van der Waals surface area contributed by atoms with Crippen LogP contribution in [0, 0.1) is 6.92 Å². The van der Waals surface area contributed by atoms with Crippen molar-refractivity contribution in [2.24, 2.45) is 0 Å². The maximum absolute atomic E-state index is 12.1. The van der Waals surface area contributed by atoms with E-state index in [4.69, 9.17) is 9.15 Å². The smallest absolute Gasteiger partial charge is 0.374 e. The number of benzene rings is 1. The standard InChI is InChI=1S/C17H18O6S/c1-11-7-14(23-15(11)17(19)21-2)9-22-16(18)13-6-4-5-12(8-13)10-24(3)20/h4-8H,9-10H2,1-3H3. The van der Waals surface area contributed by atoms with E-state index < -0.39 is 22.7 Å². The van der Waals surface area contributed by atoms with Crippen molar-refractivity contribution in [3.8, 4) is 0 Å². The Kier molecular flexibility index (Phi) is 5.92. The van der Waals surface area contributed by atoms with Crippen molar-refractivity contribution in [3.05, 3.63) is 58.5 Å². The molecule has 1 heterocycles. The summed E-state index contributed by atoms with van der Waals surface area (Å²) in [6.45, 7) is 1.61. The Bertz CT molecular complexity index is 777. The van der Waals surface area contributed by atoms with E-state index in [1.165, 1.54) is 7.11 Å². The van der Waals surface area contributed by atoms with E-state index in [-0.39, 0.29) is 12.4 Å². The molecule has 1 atom stereocenters. The average Bonchev–Trinajstić information content (AvgIpc) is 2.92. The Morgan fingerprint density at radius 3 is 2.62 bits per heavy atom. The van der Waals surface area contributed by atoms with Crippen LogP contribution >= 0.6 is 0 Å². The van der Waals surface area contributed by atoms with Crippen LogP contribution in [0.5, 0.6) is 0 Å². The van der Waals surface area contributed by atoms with Crippen molar-refractivity contribution >= 4 is 22.7 Å². The molecule has 0 radical (unpaired) electrons. The summed E-state index contributed by atoms with van der Waals surface area (Å²) in [7, 11) is 0.276. The van der Waals surface area contributed by atoms with Gasteiger partial charge in [0.1, 0.15) is 12.4 Å². The molecule has 2 rings (SSSR count). The van der Waals surface area contributed by atoms with Gasteiger partial charge < -0.3 is 13.9 Å². The van der Waals surface area contributed by atoms with Gasteiger partial charge in [-0.25, -0.2) is 9.59 Å². The van der Waals surface area contributed by atoms with Crippen molar-refractivity contribution in [1.29, 1.82) is 0 Å². The Hall–Kier alpha value is -2.41. The van der Waals surface area contributed by atoms with E-state index in [0.717, 1.165) is 5.56 Å². The number of carbonyl (C=O) groups excluding carboxylic acids is 2. The van der Waals surface area contributed by atoms with Crippen LogP contribution in [-0.2, 0) is 32.6 Å². The van der Waals surface area contributed by atoms with E-state index in [1.54, 1.807) is 43.5 Å². The highest BCUT2D eigenvalue weighted by atomic mass is 32.2. The quantitative estimate of drug-likeness (QED) is 0.745. The summed E-state index contributed by atoms with van der Waals surface area (Å²) in [4.78, 5) is 23.6. The SMILES string of the molecule is COC(=O)c1oc(COC(=O)c2cccc(CS(C)=O)c2)cc1C. The maximum Gasteiger partial charge on any atom is 0.374 e. The number of methoxy groups -OCH3 is 1. The van der Waals surface area contributed by atoms with Crippen molar-refractivity contribution < 1.29 is 27.7 Å². The molecule has 0 aliphatic carbocycles. The summed E-state index contributed by atoms with van der Waals surface area (Å²) in [5, 5.41) is 0. The van der Waals surface area contributed by atoms with Gasteiger partial charge in [0.2, 0.25) is 5.76 Å². The lowest BCUT2D eigenvalue weighted by atomic mass is 10.1. The van der Waals surface area contributed by atoms with Crippen molar-refractivity contribution in [2.45, 2.75) is 19.3 Å². The van der Waals surface area contributed by atoms with Gasteiger partial charge in [-0.2, -0.15) is 0 Å². The molecule has 0 saturated carbocycles. The zero-order chi connectivity index (χ0) is 17.7. The molecule has 7 heteroatoms. The third-order valence-electron chi connectivity index (χ3n) is 3.22. The van der Waals surface area contributed by atoms with Crippen LogP contribution in [0.2, 0.25) is 0 Å². The second kappa shape index (κ2) is 7.92. The molecule has 0 N–H and O–H groups in total. The second-order valence-electron chi connectivity index (χ2n) is 5.21. The van der Waals surface area contributed by atoms with E-state index in [1.807, 2.05) is 0 Å². The van der Waals surface area contributed by atoms with Crippen LogP contribution in [0.3, 0.4) is 0 Å². The van der Waals surface area contributed by atoms with Gasteiger partial charge in [0.25, 0.3) is 0 Å². The van der Waals surface area contributed by atoms with Gasteiger partial charge in [0, 0.05) is 28.4 Å². The van der Waals surface area contributed by atoms with Gasteiger partial charge >= 0.3 is 11.9 Å². The minimum atomic E-state index is -0.988. The highest BCUT2D eigenvalue weighted by molar-refractivity contribution is 7.83. The molecule has 1 aromatic heterocycles. The van der Waals surface area contributed by atoms with Gasteiger partial charge in [0.05, 0.1) is 12.7 Å². The highest BCUT2D eigenvalue weighted by Gasteiger charge is 2.17. The number of carbonyl (C=O) groups is 2. The molecule has 0 aliphatic rings. The number of hydrogen-bond donors (Lipinski definition) is 0. The molecule has 0 spiro atoms. The summed E-state index contributed by atoms with van der Waals surface area (Å²) >= 11 is 0. The van der Waals surface area contributed by atoms with Crippen molar-refractivity contribution in [2.75, 3.05) is 13.4 Å². The maximum atomic E-state index is 12.1. The molecule has 0 fully saturated rings. The minimum absolute atomic E-state index is 0.0935. The molecule has 1 aromatic carbocycles. The Balaban J connectivity index is 2.03. The molecular formula is C17H18O6S. The highest BCUT2D eigenvalue weighted by Crippen LogP contribution is 2.17. The zero-order valence-corrected chi connectivity index (χ0v) is 14.5. The molecule has 0 aliphatic heterocycles. The molecule has 128 valence electrons. The summed E-state index contributed by atoms with van der Waals surface area (Å²) in [5.74, 6) is -0.276. The van der Waals surface area contributed by atoms with E-state index in [9.17, 15) is 13.8 Å². The van der Waals surface area contributed by atoms with Gasteiger partial charge in [0.15, 0.2) is 0 Å². The van der Waals surface area contributed by atoms with Crippen LogP contribution in [0.4, 0.5) is 0 Å². The summed E-state index contributed by atoms with van der Waals surface area (Å²) in [6.07, 6.45) is 1.60. The normalized spacial score (nSPS) is 11.8. The van der Waals surface area contributed by atoms with Gasteiger partial charge in [-0.15, -0.1) is 0 Å². The predicted octanol–water partition coefficient (Wildman–Crippen LogP) is 2.61. The zero-order valence-electron chi connectivity index (χ0n) is 13.7. The molecule has 0 bridgehead atoms. The van der Waals surface area contributed by atoms with Crippen molar-refractivity contribution in [1.82, 2.24) is 0 Å². The molecule has 1 unspecified atom stereocenters. The fourth-order valence-corrected chi connectivity index (χ4v) is 2.81. The first kappa shape index (κ1) is 17.9. The monoisotopic (exact) mass is 350 g/mol. The van der Waals surface area contributed by atoms with Crippen LogP contribution in [0.25, 0.3) is 0 Å². The second-order valence-corrected chi connectivity index (χ2v) is 6.65. The molecule has 2 aromatic rings. The summed E-state index contributed by atoms with van der Waals surface area (Å²) in [6, 6.07) is 8.41. The predicted molar refractivity (Wildman–Crippen MR) is 88.1 cm³/mol. The number of hydrogen-bond acceptors (Lipinski definition) is 6. The van der Waals surface area contributed by atoms with E-state index in [2.05, 4.69) is 4.74 Å². The van der Waals surface area contributed by atoms with Crippen LogP contribution in [0.15, 0.2) is 34.7 Å². The molecule has 24 heavy (non-hydrogen) atoms. The van der Waals surface area contributed by atoms with Crippen LogP contribution < -0.4 is 0 Å². The summed E-state index contributed by atoms with van der Waals surface area (Å²) in [5.41, 5.74) is 1.78. The Morgan fingerprint density at radius 1 is 1.21 bits per heavy atom. The Morgan fingerprint density at radius 2 is 1.96 bits per heavy atom. The third-order valence-corrected chi connectivity index (χ3v) is 3.96.